The summed E-state index contributed by atoms with van der Waals surface area (Å²) in [7, 11) is 0. The van der Waals surface area contributed by atoms with E-state index in [9.17, 15) is 4.79 Å². The maximum atomic E-state index is 11.7. The van der Waals surface area contributed by atoms with Crippen molar-refractivity contribution in [2.45, 2.75) is 20.8 Å². The van der Waals surface area contributed by atoms with Crippen LogP contribution in [0.5, 0.6) is 5.75 Å². The Labute approximate surface area is 113 Å². The maximum Gasteiger partial charge on any atom is 0.163 e. The first kappa shape index (κ1) is 13.3. The second kappa shape index (κ2) is 5.65. The molecule has 0 aliphatic carbocycles. The zero-order chi connectivity index (χ0) is 13.8. The number of benzene rings is 1. The molecule has 1 aromatic carbocycles. The minimum atomic E-state index is 0.00634. The summed E-state index contributed by atoms with van der Waals surface area (Å²) < 4.78 is 5.48. The number of hydrogen-bond donors (Lipinski definition) is 0. The highest BCUT2D eigenvalue weighted by atomic mass is 16.5. The van der Waals surface area contributed by atoms with Gasteiger partial charge in [-0.3, -0.25) is 9.78 Å². The normalized spacial score (nSPS) is 10.3. The van der Waals surface area contributed by atoms with E-state index < -0.39 is 0 Å². The van der Waals surface area contributed by atoms with Gasteiger partial charge in [0.2, 0.25) is 0 Å². The molecular weight excluding hydrogens is 238 g/mol. The first-order chi connectivity index (χ1) is 9.13. The highest BCUT2D eigenvalue weighted by molar-refractivity contribution is 5.98. The second-order valence-electron chi connectivity index (χ2n) is 4.34. The van der Waals surface area contributed by atoms with Gasteiger partial charge in [0.1, 0.15) is 5.75 Å². The van der Waals surface area contributed by atoms with Crippen molar-refractivity contribution in [2.75, 3.05) is 6.61 Å². The van der Waals surface area contributed by atoms with E-state index in [-0.39, 0.29) is 5.78 Å². The summed E-state index contributed by atoms with van der Waals surface area (Å²) in [5.41, 5.74) is 3.58. The quantitative estimate of drug-likeness (QED) is 0.783. The molecule has 19 heavy (non-hydrogen) atoms. The summed E-state index contributed by atoms with van der Waals surface area (Å²) in [6, 6.07) is 9.58. The molecule has 0 aliphatic heterocycles. The summed E-state index contributed by atoms with van der Waals surface area (Å²) in [5.74, 6) is 0.645. The minimum Gasteiger partial charge on any atom is -0.493 e. The maximum absolute atomic E-state index is 11.7. The van der Waals surface area contributed by atoms with Crippen molar-refractivity contribution in [3.63, 3.8) is 0 Å². The van der Waals surface area contributed by atoms with Crippen LogP contribution in [0.2, 0.25) is 0 Å². The molecular formula is C16H17NO2. The average molecular weight is 255 g/mol. The zero-order valence-electron chi connectivity index (χ0n) is 11.4. The van der Waals surface area contributed by atoms with E-state index in [0.717, 1.165) is 16.8 Å². The third kappa shape index (κ3) is 2.81. The Morgan fingerprint density at radius 3 is 2.74 bits per heavy atom. The molecule has 0 atom stereocenters. The van der Waals surface area contributed by atoms with E-state index in [1.165, 1.54) is 0 Å². The van der Waals surface area contributed by atoms with Crippen molar-refractivity contribution in [1.82, 2.24) is 4.98 Å². The fourth-order valence-electron chi connectivity index (χ4n) is 2.04. The largest absolute Gasteiger partial charge is 0.493 e. The molecule has 1 aromatic heterocycles. The fraction of sp³-hybridized carbons (Fsp3) is 0.250. The number of aromatic nitrogens is 1. The lowest BCUT2D eigenvalue weighted by atomic mass is 10.00. The van der Waals surface area contributed by atoms with E-state index >= 15 is 0 Å². The number of rotatable bonds is 4. The monoisotopic (exact) mass is 255 g/mol. The number of pyridine rings is 1. The Morgan fingerprint density at radius 1 is 1.32 bits per heavy atom. The van der Waals surface area contributed by atoms with Gasteiger partial charge in [-0.2, -0.15) is 0 Å². The molecule has 0 spiro atoms. The molecule has 2 rings (SSSR count). The van der Waals surface area contributed by atoms with Gasteiger partial charge in [-0.1, -0.05) is 12.1 Å². The van der Waals surface area contributed by atoms with Crippen LogP contribution in [0.1, 0.15) is 29.9 Å². The zero-order valence-corrected chi connectivity index (χ0v) is 11.4. The van der Waals surface area contributed by atoms with Crippen LogP contribution in [-0.4, -0.2) is 17.4 Å². The van der Waals surface area contributed by atoms with Gasteiger partial charge in [0.15, 0.2) is 5.78 Å². The predicted octanol–water partition coefficient (Wildman–Crippen LogP) is 3.66. The molecule has 0 saturated heterocycles. The van der Waals surface area contributed by atoms with Crippen LogP contribution >= 0.6 is 0 Å². The molecule has 0 amide bonds. The summed E-state index contributed by atoms with van der Waals surface area (Å²) in [5, 5.41) is 0. The third-order valence-electron chi connectivity index (χ3n) is 2.98. The van der Waals surface area contributed by atoms with Crippen molar-refractivity contribution in [3.8, 4) is 16.9 Å². The lowest BCUT2D eigenvalue weighted by molar-refractivity contribution is 0.101. The van der Waals surface area contributed by atoms with E-state index in [2.05, 4.69) is 4.98 Å². The van der Waals surface area contributed by atoms with Gasteiger partial charge in [0.25, 0.3) is 0 Å². The molecule has 0 N–H and O–H groups in total. The Hall–Kier alpha value is -2.16. The molecule has 0 saturated carbocycles. The van der Waals surface area contributed by atoms with Gasteiger partial charge in [-0.15, -0.1) is 0 Å². The highest BCUT2D eigenvalue weighted by Gasteiger charge is 2.11. The predicted molar refractivity (Wildman–Crippen MR) is 75.6 cm³/mol. The van der Waals surface area contributed by atoms with Gasteiger partial charge < -0.3 is 4.74 Å². The minimum absolute atomic E-state index is 0.00634. The van der Waals surface area contributed by atoms with Crippen molar-refractivity contribution in [2.24, 2.45) is 0 Å². The Balaban J connectivity index is 2.52. The van der Waals surface area contributed by atoms with Gasteiger partial charge in [-0.05, 0) is 44.5 Å². The standard InChI is InChI=1S/C16H17NO2/c1-4-19-16-8-7-13(10-15(16)12(3)18)14-6-5-9-17-11(14)2/h5-10H,4H2,1-3H3. The Morgan fingerprint density at radius 2 is 2.11 bits per heavy atom. The second-order valence-corrected chi connectivity index (χ2v) is 4.34. The first-order valence-corrected chi connectivity index (χ1v) is 6.33. The molecule has 2 aromatic rings. The molecule has 0 radical (unpaired) electrons. The van der Waals surface area contributed by atoms with Gasteiger partial charge in [0.05, 0.1) is 12.2 Å². The van der Waals surface area contributed by atoms with Crippen molar-refractivity contribution in [3.05, 3.63) is 47.8 Å². The smallest absolute Gasteiger partial charge is 0.163 e. The number of ketones is 1. The highest BCUT2D eigenvalue weighted by Crippen LogP contribution is 2.28. The van der Waals surface area contributed by atoms with Crippen LogP contribution in [0.15, 0.2) is 36.5 Å². The third-order valence-corrected chi connectivity index (χ3v) is 2.98. The van der Waals surface area contributed by atoms with E-state index in [1.54, 1.807) is 13.1 Å². The Bertz CT molecular complexity index is 605. The first-order valence-electron chi connectivity index (χ1n) is 6.33. The van der Waals surface area contributed by atoms with Crippen molar-refractivity contribution < 1.29 is 9.53 Å². The summed E-state index contributed by atoms with van der Waals surface area (Å²) in [4.78, 5) is 16.0. The summed E-state index contributed by atoms with van der Waals surface area (Å²) in [6.07, 6.45) is 1.76. The molecule has 0 bridgehead atoms. The Kier molecular flexibility index (Phi) is 3.95. The molecule has 98 valence electrons. The molecule has 0 aliphatic rings. The van der Waals surface area contributed by atoms with Crippen LogP contribution in [0.4, 0.5) is 0 Å². The van der Waals surface area contributed by atoms with Crippen LogP contribution in [0, 0.1) is 6.92 Å². The SMILES string of the molecule is CCOc1ccc(-c2cccnc2C)cc1C(C)=O. The molecule has 3 nitrogen and oxygen atoms in total. The lowest BCUT2D eigenvalue weighted by Gasteiger charge is -2.11. The van der Waals surface area contributed by atoms with Crippen LogP contribution in [-0.2, 0) is 0 Å². The number of carbonyl (C=O) groups is 1. The molecule has 0 unspecified atom stereocenters. The number of aryl methyl sites for hydroxylation is 1. The van der Waals surface area contributed by atoms with Gasteiger partial charge in [0, 0.05) is 17.5 Å². The van der Waals surface area contributed by atoms with E-state index in [4.69, 9.17) is 4.74 Å². The van der Waals surface area contributed by atoms with Gasteiger partial charge in [-0.25, -0.2) is 0 Å². The molecule has 3 heteroatoms. The van der Waals surface area contributed by atoms with Crippen LogP contribution in [0.3, 0.4) is 0 Å². The van der Waals surface area contributed by atoms with Gasteiger partial charge >= 0.3 is 0 Å². The van der Waals surface area contributed by atoms with E-state index in [0.29, 0.717) is 17.9 Å². The number of hydrogen-bond acceptors (Lipinski definition) is 3. The fourth-order valence-corrected chi connectivity index (χ4v) is 2.04. The topological polar surface area (TPSA) is 39.2 Å². The van der Waals surface area contributed by atoms with E-state index in [1.807, 2.05) is 44.2 Å². The van der Waals surface area contributed by atoms with Crippen LogP contribution in [0.25, 0.3) is 11.1 Å². The average Bonchev–Trinajstić information content (AvgIpc) is 2.40. The number of carbonyl (C=O) groups excluding carboxylic acids is 1. The van der Waals surface area contributed by atoms with Crippen molar-refractivity contribution in [1.29, 1.82) is 0 Å². The molecule has 1 heterocycles. The summed E-state index contributed by atoms with van der Waals surface area (Å²) in [6.45, 7) is 5.96. The molecule has 0 fully saturated rings. The number of ether oxygens (including phenoxy) is 1. The number of Topliss-reactive ketones (excluding diaryl/α,β-unsaturated/α-hetero) is 1. The van der Waals surface area contributed by atoms with Crippen molar-refractivity contribution >= 4 is 5.78 Å². The number of nitrogens with zero attached hydrogens (tertiary/aromatic N) is 1. The lowest BCUT2D eigenvalue weighted by Crippen LogP contribution is -2.01. The summed E-state index contributed by atoms with van der Waals surface area (Å²) >= 11 is 0. The van der Waals surface area contributed by atoms with Crippen LogP contribution < -0.4 is 4.74 Å².